The number of aliphatic imine (C=N–C) groups is 2. The van der Waals surface area contributed by atoms with Crippen LogP contribution in [0.1, 0.15) is 0 Å². The van der Waals surface area contributed by atoms with Crippen LogP contribution in [0.2, 0.25) is 0 Å². The van der Waals surface area contributed by atoms with Crippen LogP contribution in [-0.4, -0.2) is 24.4 Å². The van der Waals surface area contributed by atoms with Crippen molar-refractivity contribution >= 4 is 17.7 Å². The lowest BCUT2D eigenvalue weighted by Gasteiger charge is -2.09. The number of nitrogens with zero attached hydrogens (tertiary/aromatic N) is 2. The van der Waals surface area contributed by atoms with Gasteiger partial charge in [0, 0.05) is 11.8 Å². The number of ketones is 1. The number of hydrogen-bond acceptors (Lipinski definition) is 3. The van der Waals surface area contributed by atoms with Gasteiger partial charge in [0.15, 0.2) is 0 Å². The van der Waals surface area contributed by atoms with Crippen molar-refractivity contribution in [2.75, 3.05) is 6.67 Å². The molecular formula is C8H6N2O. The first-order valence-electron chi connectivity index (χ1n) is 3.35. The zero-order valence-electron chi connectivity index (χ0n) is 5.82. The van der Waals surface area contributed by atoms with E-state index >= 15 is 0 Å². The van der Waals surface area contributed by atoms with E-state index in [0.29, 0.717) is 12.4 Å². The Labute approximate surface area is 63.9 Å². The Kier molecular flexibility index (Phi) is 1.28. The van der Waals surface area contributed by atoms with Gasteiger partial charge in [0.05, 0.1) is 0 Å². The van der Waals surface area contributed by atoms with Gasteiger partial charge >= 0.3 is 0 Å². The summed E-state index contributed by atoms with van der Waals surface area (Å²) in [5.41, 5.74) is 1.37. The molecule has 11 heavy (non-hydrogen) atoms. The van der Waals surface area contributed by atoms with Crippen LogP contribution in [0.4, 0.5) is 0 Å². The fourth-order valence-corrected chi connectivity index (χ4v) is 1.06. The van der Waals surface area contributed by atoms with Crippen LogP contribution in [0.3, 0.4) is 0 Å². The maximum Gasteiger partial charge on any atom is 0.204 e. The maximum atomic E-state index is 11.1. The van der Waals surface area contributed by atoms with Gasteiger partial charge in [-0.25, -0.2) is 0 Å². The van der Waals surface area contributed by atoms with Crippen molar-refractivity contribution in [2.24, 2.45) is 9.98 Å². The zero-order chi connectivity index (χ0) is 7.68. The summed E-state index contributed by atoms with van der Waals surface area (Å²) in [6, 6.07) is 0. The van der Waals surface area contributed by atoms with E-state index in [2.05, 4.69) is 9.98 Å². The van der Waals surface area contributed by atoms with E-state index in [0.717, 1.165) is 5.57 Å². The molecule has 0 saturated carbocycles. The van der Waals surface area contributed by atoms with Crippen LogP contribution in [-0.2, 0) is 4.79 Å². The predicted molar refractivity (Wildman–Crippen MR) is 43.0 cm³/mol. The molecule has 0 radical (unpaired) electrons. The van der Waals surface area contributed by atoms with Crippen molar-refractivity contribution in [3.05, 3.63) is 23.8 Å². The molecule has 0 fully saturated rings. The smallest absolute Gasteiger partial charge is 0.204 e. The average molecular weight is 146 g/mol. The second-order valence-corrected chi connectivity index (χ2v) is 2.31. The minimum Gasteiger partial charge on any atom is -0.288 e. The first-order chi connectivity index (χ1) is 5.38. The highest BCUT2D eigenvalue weighted by Crippen LogP contribution is 2.08. The van der Waals surface area contributed by atoms with E-state index in [1.807, 2.05) is 6.08 Å². The van der Waals surface area contributed by atoms with Crippen LogP contribution < -0.4 is 0 Å². The molecule has 3 heteroatoms. The lowest BCUT2D eigenvalue weighted by atomic mass is 10.0. The lowest BCUT2D eigenvalue weighted by molar-refractivity contribution is -0.108. The van der Waals surface area contributed by atoms with E-state index in [-0.39, 0.29) is 5.78 Å². The van der Waals surface area contributed by atoms with Crippen molar-refractivity contribution in [3.8, 4) is 0 Å². The van der Waals surface area contributed by atoms with Crippen molar-refractivity contribution in [2.45, 2.75) is 0 Å². The molecule has 0 atom stereocenters. The van der Waals surface area contributed by atoms with Crippen LogP contribution in [0.25, 0.3) is 0 Å². The van der Waals surface area contributed by atoms with Crippen molar-refractivity contribution in [3.63, 3.8) is 0 Å². The third-order valence-electron chi connectivity index (χ3n) is 1.57. The minimum atomic E-state index is -0.0198. The Morgan fingerprint density at radius 1 is 1.45 bits per heavy atom. The van der Waals surface area contributed by atoms with E-state index in [1.165, 1.54) is 6.08 Å². The number of rotatable bonds is 0. The first kappa shape index (κ1) is 6.22. The molecule has 0 saturated heterocycles. The minimum absolute atomic E-state index is 0.0198. The summed E-state index contributed by atoms with van der Waals surface area (Å²) >= 11 is 0. The molecule has 0 spiro atoms. The highest BCUT2D eigenvalue weighted by molar-refractivity contribution is 6.54. The third-order valence-corrected chi connectivity index (χ3v) is 1.57. The molecule has 0 aromatic rings. The monoisotopic (exact) mass is 146 g/mol. The molecule has 2 aliphatic rings. The summed E-state index contributed by atoms with van der Waals surface area (Å²) in [4.78, 5) is 19.0. The van der Waals surface area contributed by atoms with Crippen molar-refractivity contribution in [1.29, 1.82) is 0 Å². The topological polar surface area (TPSA) is 41.8 Å². The van der Waals surface area contributed by atoms with Gasteiger partial charge in [-0.05, 0) is 6.08 Å². The summed E-state index contributed by atoms with van der Waals surface area (Å²) in [6.07, 6.45) is 6.75. The van der Waals surface area contributed by atoms with E-state index in [9.17, 15) is 4.79 Å². The number of allylic oxidation sites excluding steroid dienone is 4. The molecule has 3 nitrogen and oxygen atoms in total. The van der Waals surface area contributed by atoms with Crippen LogP contribution in [0, 0.1) is 0 Å². The molecule has 2 rings (SSSR count). The second kappa shape index (κ2) is 2.27. The number of hydrogen-bond donors (Lipinski definition) is 0. The maximum absolute atomic E-state index is 11.1. The second-order valence-electron chi connectivity index (χ2n) is 2.31. The summed E-state index contributed by atoms with van der Waals surface area (Å²) in [7, 11) is 0. The fourth-order valence-electron chi connectivity index (χ4n) is 1.06. The molecule has 0 bridgehead atoms. The molecule has 0 aromatic carbocycles. The van der Waals surface area contributed by atoms with Crippen molar-refractivity contribution in [1.82, 2.24) is 0 Å². The van der Waals surface area contributed by atoms with Gasteiger partial charge in [0.2, 0.25) is 5.78 Å². The van der Waals surface area contributed by atoms with Crippen LogP contribution >= 0.6 is 0 Å². The van der Waals surface area contributed by atoms with Gasteiger partial charge in [-0.3, -0.25) is 14.8 Å². The summed E-state index contributed by atoms with van der Waals surface area (Å²) < 4.78 is 0. The fraction of sp³-hybridized carbons (Fsp3) is 0.125. The first-order valence-corrected chi connectivity index (χ1v) is 3.35. The quantitative estimate of drug-likeness (QED) is 0.460. The molecule has 0 unspecified atom stereocenters. The predicted octanol–water partition coefficient (Wildman–Crippen LogP) is 0.535. The van der Waals surface area contributed by atoms with E-state index in [4.69, 9.17) is 0 Å². The van der Waals surface area contributed by atoms with Crippen molar-refractivity contribution < 1.29 is 4.79 Å². The van der Waals surface area contributed by atoms with E-state index in [1.54, 1.807) is 12.3 Å². The SMILES string of the molecule is O=C1C=CC=C2C=NCN=C12. The Hall–Kier alpha value is -1.51. The highest BCUT2D eigenvalue weighted by atomic mass is 16.1. The standard InChI is InChI=1S/C8H6N2O/c11-7-3-1-2-6-4-9-5-10-8(6)7/h1-4H,5H2. The summed E-state index contributed by atoms with van der Waals surface area (Å²) in [5.74, 6) is -0.0198. The third kappa shape index (κ3) is 0.941. The normalized spacial score (nSPS) is 20.9. The van der Waals surface area contributed by atoms with Gasteiger partial charge in [-0.1, -0.05) is 12.2 Å². The molecule has 0 amide bonds. The Morgan fingerprint density at radius 2 is 2.36 bits per heavy atom. The Bertz CT molecular complexity index is 321. The Balaban J connectivity index is 2.48. The molecule has 1 aliphatic carbocycles. The molecule has 0 aromatic heterocycles. The number of fused-ring (bicyclic) bond motifs is 1. The van der Waals surface area contributed by atoms with Gasteiger partial charge in [0.1, 0.15) is 12.4 Å². The van der Waals surface area contributed by atoms with Crippen LogP contribution in [0.15, 0.2) is 33.8 Å². The average Bonchev–Trinajstić information content (AvgIpc) is 2.06. The number of carbonyl (C=O) groups excluding carboxylic acids is 1. The van der Waals surface area contributed by atoms with Gasteiger partial charge < -0.3 is 0 Å². The summed E-state index contributed by atoms with van der Waals surface area (Å²) in [6.45, 7) is 0.381. The lowest BCUT2D eigenvalue weighted by Crippen LogP contribution is -2.20. The molecular weight excluding hydrogens is 140 g/mol. The molecule has 54 valence electrons. The highest BCUT2D eigenvalue weighted by Gasteiger charge is 2.16. The van der Waals surface area contributed by atoms with E-state index < -0.39 is 0 Å². The van der Waals surface area contributed by atoms with Crippen LogP contribution in [0.5, 0.6) is 0 Å². The van der Waals surface area contributed by atoms with Gasteiger partial charge in [0.25, 0.3) is 0 Å². The number of carbonyl (C=O) groups is 1. The zero-order valence-corrected chi connectivity index (χ0v) is 5.82. The molecule has 1 aliphatic heterocycles. The largest absolute Gasteiger partial charge is 0.288 e. The van der Waals surface area contributed by atoms with Gasteiger partial charge in [-0.2, -0.15) is 0 Å². The van der Waals surface area contributed by atoms with Gasteiger partial charge in [-0.15, -0.1) is 0 Å². The molecule has 0 N–H and O–H groups in total. The summed E-state index contributed by atoms with van der Waals surface area (Å²) in [5, 5.41) is 0. The Morgan fingerprint density at radius 3 is 3.18 bits per heavy atom. The molecule has 1 heterocycles.